The van der Waals surface area contributed by atoms with Crippen LogP contribution in [0.3, 0.4) is 0 Å². The van der Waals surface area contributed by atoms with Crippen LogP contribution in [0, 0.1) is 0 Å². The Morgan fingerprint density at radius 3 is 2.38 bits per heavy atom. The number of benzene rings is 1. The highest BCUT2D eigenvalue weighted by Crippen LogP contribution is 2.28. The summed E-state index contributed by atoms with van der Waals surface area (Å²) in [5.74, 6) is -1.30. The summed E-state index contributed by atoms with van der Waals surface area (Å²) in [7, 11) is 0. The van der Waals surface area contributed by atoms with Crippen molar-refractivity contribution in [1.82, 2.24) is 25.4 Å². The smallest absolute Gasteiger partial charge is 0.247 e. The molecular weight excluding hydrogens is 534 g/mol. The van der Waals surface area contributed by atoms with Gasteiger partial charge in [0, 0.05) is 48.6 Å². The van der Waals surface area contributed by atoms with Crippen molar-refractivity contribution in [1.29, 1.82) is 0 Å². The first-order chi connectivity index (χ1) is 20.3. The average Bonchev–Trinajstić information content (AvgIpc) is 3.38. The molecule has 42 heavy (non-hydrogen) atoms. The lowest BCUT2D eigenvalue weighted by Crippen LogP contribution is -2.61. The third-order valence-electron chi connectivity index (χ3n) is 8.61. The Hall–Kier alpha value is -3.69. The molecule has 1 aromatic carbocycles. The van der Waals surface area contributed by atoms with Gasteiger partial charge in [-0.15, -0.1) is 0 Å². The molecule has 2 aromatic rings. The van der Waals surface area contributed by atoms with E-state index in [1.807, 2.05) is 55.8 Å². The molecule has 2 aliphatic rings. The maximum atomic E-state index is 14.1. The normalized spacial score (nSPS) is 23.8. The van der Waals surface area contributed by atoms with Crippen LogP contribution in [0.25, 0.3) is 10.9 Å². The standard InChI is InChI=1S/C32H45N5O5/c1-4-21(38)14-8-7-9-16-25-32(42)37-19-13-12-18-27(37)30(40)33-24(5-2)29(39)35-28(31(41)34-25)23-20-36(6-3)26-17-11-10-15-22(23)26/h10-11,15,17,20,24-25,27-28H,4-9,12-14,16,18-19H2,1-3H3,(H,33,40)(H,34,41)(H,35,39)/t24?,25-,27-,28?/m0/s1. The molecule has 0 radical (unpaired) electrons. The summed E-state index contributed by atoms with van der Waals surface area (Å²) in [6.45, 7) is 6.76. The van der Waals surface area contributed by atoms with Gasteiger partial charge in [0.15, 0.2) is 0 Å². The number of Topliss-reactive ketones (excluding diaryl/α,β-unsaturated/α-hetero) is 1. The topological polar surface area (TPSA) is 130 Å². The van der Waals surface area contributed by atoms with E-state index in [4.69, 9.17) is 0 Å². The van der Waals surface area contributed by atoms with Crippen LogP contribution < -0.4 is 16.0 Å². The van der Waals surface area contributed by atoms with E-state index in [1.54, 1.807) is 4.90 Å². The molecule has 2 aliphatic heterocycles. The molecule has 2 unspecified atom stereocenters. The van der Waals surface area contributed by atoms with Crippen LogP contribution in [0.15, 0.2) is 30.5 Å². The highest BCUT2D eigenvalue weighted by Gasteiger charge is 2.39. The van der Waals surface area contributed by atoms with Crippen molar-refractivity contribution in [2.45, 2.75) is 116 Å². The fourth-order valence-corrected chi connectivity index (χ4v) is 6.12. The zero-order valence-corrected chi connectivity index (χ0v) is 25.1. The molecule has 10 heteroatoms. The number of ketones is 1. The molecule has 3 heterocycles. The van der Waals surface area contributed by atoms with Gasteiger partial charge >= 0.3 is 0 Å². The summed E-state index contributed by atoms with van der Waals surface area (Å²) in [5, 5.41) is 9.61. The molecule has 4 rings (SSSR count). The fraction of sp³-hybridized carbons (Fsp3) is 0.594. The minimum absolute atomic E-state index is 0.211. The number of para-hydroxylation sites is 1. The SMILES string of the molecule is CCC(=O)CCCCC[C@@H]1NC(=O)C(c2cn(CC)c3ccccc23)NC(=O)C(CC)NC(=O)[C@@H]2CCCCN2C1=O. The van der Waals surface area contributed by atoms with Gasteiger partial charge in [-0.1, -0.05) is 44.9 Å². The summed E-state index contributed by atoms with van der Waals surface area (Å²) in [6, 6.07) is 4.27. The van der Waals surface area contributed by atoms with E-state index in [1.165, 1.54) is 0 Å². The van der Waals surface area contributed by atoms with Gasteiger partial charge in [0.05, 0.1) is 0 Å². The quantitative estimate of drug-likeness (QED) is 0.371. The lowest BCUT2D eigenvalue weighted by molar-refractivity contribution is -0.147. The Morgan fingerprint density at radius 2 is 1.64 bits per heavy atom. The lowest BCUT2D eigenvalue weighted by Gasteiger charge is -2.38. The number of aromatic nitrogens is 1. The molecule has 2 saturated heterocycles. The zero-order valence-electron chi connectivity index (χ0n) is 25.1. The van der Waals surface area contributed by atoms with Crippen molar-refractivity contribution in [3.05, 3.63) is 36.0 Å². The molecule has 1 aromatic heterocycles. The number of hydrogen-bond donors (Lipinski definition) is 3. The van der Waals surface area contributed by atoms with Crippen molar-refractivity contribution < 1.29 is 24.0 Å². The van der Waals surface area contributed by atoms with Crippen molar-refractivity contribution in [3.63, 3.8) is 0 Å². The van der Waals surface area contributed by atoms with Gasteiger partial charge in [-0.05, 0) is 51.5 Å². The van der Waals surface area contributed by atoms with Crippen molar-refractivity contribution in [2.75, 3.05) is 6.54 Å². The first-order valence-corrected chi connectivity index (χ1v) is 15.6. The van der Waals surface area contributed by atoms with Gasteiger partial charge in [0.2, 0.25) is 23.6 Å². The molecule has 0 saturated carbocycles. The van der Waals surface area contributed by atoms with E-state index in [9.17, 15) is 24.0 Å². The number of piperidine rings is 1. The fourth-order valence-electron chi connectivity index (χ4n) is 6.12. The molecule has 0 spiro atoms. The van der Waals surface area contributed by atoms with Crippen molar-refractivity contribution in [2.24, 2.45) is 0 Å². The number of amides is 4. The van der Waals surface area contributed by atoms with Gasteiger partial charge in [-0.2, -0.15) is 0 Å². The molecule has 4 atom stereocenters. The van der Waals surface area contributed by atoms with E-state index < -0.39 is 36.0 Å². The second-order valence-corrected chi connectivity index (χ2v) is 11.4. The second kappa shape index (κ2) is 14.5. The minimum Gasteiger partial charge on any atom is -0.347 e. The molecule has 228 valence electrons. The maximum absolute atomic E-state index is 14.1. The van der Waals surface area contributed by atoms with Crippen LogP contribution in [-0.2, 0) is 30.5 Å². The van der Waals surface area contributed by atoms with E-state index in [0.717, 1.165) is 36.6 Å². The summed E-state index contributed by atoms with van der Waals surface area (Å²) >= 11 is 0. The number of nitrogens with one attached hydrogen (secondary N) is 3. The lowest BCUT2D eigenvalue weighted by atomic mass is 9.96. The van der Waals surface area contributed by atoms with Gasteiger partial charge in [-0.25, -0.2) is 0 Å². The second-order valence-electron chi connectivity index (χ2n) is 11.4. The molecule has 2 fully saturated rings. The van der Waals surface area contributed by atoms with E-state index >= 15 is 0 Å². The van der Waals surface area contributed by atoms with Gasteiger partial charge in [0.1, 0.15) is 30.0 Å². The zero-order chi connectivity index (χ0) is 30.2. The van der Waals surface area contributed by atoms with Crippen LogP contribution >= 0.6 is 0 Å². The van der Waals surface area contributed by atoms with E-state index in [0.29, 0.717) is 57.2 Å². The number of fused-ring (bicyclic) bond motifs is 2. The number of carbonyl (C=O) groups is 5. The van der Waals surface area contributed by atoms with Gasteiger partial charge in [0.25, 0.3) is 0 Å². The summed E-state index contributed by atoms with van der Waals surface area (Å²) < 4.78 is 2.03. The molecule has 0 bridgehead atoms. The number of hydrogen-bond acceptors (Lipinski definition) is 5. The number of nitrogens with zero attached hydrogens (tertiary/aromatic N) is 2. The minimum atomic E-state index is -1.06. The van der Waals surface area contributed by atoms with Crippen LogP contribution in [0.2, 0.25) is 0 Å². The van der Waals surface area contributed by atoms with Crippen molar-refractivity contribution in [3.8, 4) is 0 Å². The highest BCUT2D eigenvalue weighted by molar-refractivity contribution is 6.00. The van der Waals surface area contributed by atoms with E-state index in [-0.39, 0.29) is 17.6 Å². The molecule has 0 aliphatic carbocycles. The van der Waals surface area contributed by atoms with Crippen LogP contribution in [0.1, 0.15) is 96.6 Å². The summed E-state index contributed by atoms with van der Waals surface area (Å²) in [5.41, 5.74) is 1.57. The molecule has 4 amide bonds. The maximum Gasteiger partial charge on any atom is 0.247 e. The summed E-state index contributed by atoms with van der Waals surface area (Å²) in [6.07, 6.45) is 7.81. The Bertz CT molecular complexity index is 1300. The molecule has 10 nitrogen and oxygen atoms in total. The van der Waals surface area contributed by atoms with E-state index in [2.05, 4.69) is 16.0 Å². The number of rotatable bonds is 10. The largest absolute Gasteiger partial charge is 0.347 e. The molecule has 3 N–H and O–H groups in total. The summed E-state index contributed by atoms with van der Waals surface area (Å²) in [4.78, 5) is 68.4. The highest BCUT2D eigenvalue weighted by atomic mass is 16.2. The third-order valence-corrected chi connectivity index (χ3v) is 8.61. The Kier molecular flexibility index (Phi) is 10.8. The Balaban J connectivity index is 1.69. The predicted molar refractivity (Wildman–Crippen MR) is 160 cm³/mol. The van der Waals surface area contributed by atoms with Gasteiger partial charge < -0.3 is 25.4 Å². The Morgan fingerprint density at radius 1 is 0.881 bits per heavy atom. The van der Waals surface area contributed by atoms with Crippen LogP contribution in [0.4, 0.5) is 0 Å². The molecular formula is C32H45N5O5. The first kappa shape index (κ1) is 31.3. The van der Waals surface area contributed by atoms with Gasteiger partial charge in [-0.3, -0.25) is 24.0 Å². The number of aryl methyl sites for hydroxylation is 1. The number of unbranched alkanes of at least 4 members (excludes halogenated alkanes) is 2. The van der Waals surface area contributed by atoms with Crippen LogP contribution in [0.5, 0.6) is 0 Å². The predicted octanol–water partition coefficient (Wildman–Crippen LogP) is 3.52. The van der Waals surface area contributed by atoms with Crippen molar-refractivity contribution >= 4 is 40.3 Å². The first-order valence-electron chi connectivity index (χ1n) is 15.6. The Labute approximate surface area is 247 Å². The van der Waals surface area contributed by atoms with Crippen LogP contribution in [-0.4, -0.2) is 63.5 Å². The monoisotopic (exact) mass is 579 g/mol. The average molecular weight is 580 g/mol. The third kappa shape index (κ3) is 7.02. The number of carbonyl (C=O) groups excluding carboxylic acids is 5.